The van der Waals surface area contributed by atoms with E-state index in [9.17, 15) is 19.2 Å². The molecule has 0 aliphatic carbocycles. The molecule has 0 aromatic carbocycles. The van der Waals surface area contributed by atoms with Gasteiger partial charge in [-0.05, 0) is 12.8 Å². The molecule has 0 saturated carbocycles. The SMILES string of the molecule is O=COC(=O)CCCCCC(=O)OC=O. The van der Waals surface area contributed by atoms with Crippen LogP contribution in [0, 0.1) is 0 Å². The van der Waals surface area contributed by atoms with E-state index in [1.54, 1.807) is 0 Å². The molecule has 0 aliphatic heterocycles. The zero-order chi connectivity index (χ0) is 11.5. The fourth-order valence-electron chi connectivity index (χ4n) is 0.941. The highest BCUT2D eigenvalue weighted by Gasteiger charge is 2.04. The first-order chi connectivity index (χ1) is 7.20. The molecule has 0 spiro atoms. The summed E-state index contributed by atoms with van der Waals surface area (Å²) in [5.74, 6) is -1.17. The van der Waals surface area contributed by atoms with Crippen LogP contribution in [0.3, 0.4) is 0 Å². The molecule has 0 aliphatic rings. The van der Waals surface area contributed by atoms with E-state index in [4.69, 9.17) is 0 Å². The molecule has 0 unspecified atom stereocenters. The van der Waals surface area contributed by atoms with Crippen molar-refractivity contribution >= 4 is 24.9 Å². The third-order valence-electron chi connectivity index (χ3n) is 1.62. The predicted octanol–water partition coefficient (Wildman–Crippen LogP) is 0.336. The number of hydrogen-bond acceptors (Lipinski definition) is 6. The second kappa shape index (κ2) is 8.86. The minimum absolute atomic E-state index is 0.0871. The molecule has 84 valence electrons. The topological polar surface area (TPSA) is 86.7 Å². The van der Waals surface area contributed by atoms with Crippen molar-refractivity contribution in [1.29, 1.82) is 0 Å². The first-order valence-corrected chi connectivity index (χ1v) is 4.47. The smallest absolute Gasteiger partial charge is 0.313 e. The van der Waals surface area contributed by atoms with Gasteiger partial charge in [0.1, 0.15) is 0 Å². The molecule has 15 heavy (non-hydrogen) atoms. The van der Waals surface area contributed by atoms with Gasteiger partial charge in [-0.15, -0.1) is 0 Å². The molecule has 6 heteroatoms. The fourth-order valence-corrected chi connectivity index (χ4v) is 0.941. The molecule has 0 N–H and O–H groups in total. The van der Waals surface area contributed by atoms with E-state index in [-0.39, 0.29) is 25.8 Å². The van der Waals surface area contributed by atoms with Crippen LogP contribution in [0.4, 0.5) is 0 Å². The molecule has 0 radical (unpaired) electrons. The van der Waals surface area contributed by atoms with Gasteiger partial charge in [0.15, 0.2) is 0 Å². The van der Waals surface area contributed by atoms with Crippen molar-refractivity contribution in [2.24, 2.45) is 0 Å². The van der Waals surface area contributed by atoms with Gasteiger partial charge in [0.2, 0.25) is 0 Å². The number of unbranched alkanes of at least 4 members (excludes halogenated alkanes) is 2. The average Bonchev–Trinajstić information content (AvgIpc) is 2.18. The monoisotopic (exact) mass is 216 g/mol. The third-order valence-corrected chi connectivity index (χ3v) is 1.62. The maximum Gasteiger partial charge on any atom is 0.313 e. The van der Waals surface area contributed by atoms with Crippen molar-refractivity contribution in [3.8, 4) is 0 Å². The lowest BCUT2D eigenvalue weighted by Crippen LogP contribution is -2.03. The van der Waals surface area contributed by atoms with E-state index in [1.165, 1.54) is 0 Å². The van der Waals surface area contributed by atoms with Gasteiger partial charge in [-0.1, -0.05) is 6.42 Å². The summed E-state index contributed by atoms with van der Waals surface area (Å²) < 4.78 is 8.10. The Morgan fingerprint density at radius 2 is 1.20 bits per heavy atom. The van der Waals surface area contributed by atoms with Crippen molar-refractivity contribution in [3.63, 3.8) is 0 Å². The van der Waals surface area contributed by atoms with Crippen LogP contribution in [0.5, 0.6) is 0 Å². The Kier molecular flexibility index (Phi) is 7.84. The summed E-state index contributed by atoms with van der Waals surface area (Å²) in [5.41, 5.74) is 0. The Bertz CT molecular complexity index is 211. The van der Waals surface area contributed by atoms with Gasteiger partial charge in [-0.3, -0.25) is 19.2 Å². The number of carbonyl (C=O) groups is 4. The van der Waals surface area contributed by atoms with Crippen LogP contribution in [-0.2, 0) is 28.7 Å². The van der Waals surface area contributed by atoms with Gasteiger partial charge < -0.3 is 9.47 Å². The van der Waals surface area contributed by atoms with E-state index in [2.05, 4.69) is 9.47 Å². The number of esters is 2. The van der Waals surface area contributed by atoms with E-state index >= 15 is 0 Å². The minimum Gasteiger partial charge on any atom is -0.395 e. The first kappa shape index (κ1) is 13.3. The molecule has 0 amide bonds. The molecule has 0 heterocycles. The molecule has 0 bridgehead atoms. The first-order valence-electron chi connectivity index (χ1n) is 4.47. The van der Waals surface area contributed by atoms with Crippen molar-refractivity contribution in [2.45, 2.75) is 32.1 Å². The lowest BCUT2D eigenvalue weighted by molar-refractivity contribution is -0.152. The Balaban J connectivity index is 3.31. The quantitative estimate of drug-likeness (QED) is 0.251. The maximum atomic E-state index is 10.7. The van der Waals surface area contributed by atoms with Crippen molar-refractivity contribution < 1.29 is 28.7 Å². The molecular weight excluding hydrogens is 204 g/mol. The second-order valence-electron chi connectivity index (χ2n) is 2.73. The highest BCUT2D eigenvalue weighted by Crippen LogP contribution is 2.04. The van der Waals surface area contributed by atoms with Gasteiger partial charge in [0, 0.05) is 12.8 Å². The molecule has 0 aromatic heterocycles. The Morgan fingerprint density at radius 3 is 1.53 bits per heavy atom. The molecule has 0 rings (SSSR count). The summed E-state index contributed by atoms with van der Waals surface area (Å²) in [4.78, 5) is 40.8. The minimum atomic E-state index is -0.583. The van der Waals surface area contributed by atoms with Crippen LogP contribution in [0.15, 0.2) is 0 Å². The van der Waals surface area contributed by atoms with Crippen LogP contribution in [0.1, 0.15) is 32.1 Å². The van der Waals surface area contributed by atoms with Gasteiger partial charge in [0.25, 0.3) is 0 Å². The van der Waals surface area contributed by atoms with Crippen LogP contribution >= 0.6 is 0 Å². The molecular formula is C9H12O6. The van der Waals surface area contributed by atoms with E-state index in [1.807, 2.05) is 0 Å². The summed E-state index contributed by atoms with van der Waals surface area (Å²) in [5, 5.41) is 0. The van der Waals surface area contributed by atoms with E-state index < -0.39 is 11.9 Å². The second-order valence-corrected chi connectivity index (χ2v) is 2.73. The van der Waals surface area contributed by atoms with Crippen molar-refractivity contribution in [1.82, 2.24) is 0 Å². The average molecular weight is 216 g/mol. The fraction of sp³-hybridized carbons (Fsp3) is 0.556. The van der Waals surface area contributed by atoms with Crippen LogP contribution in [0.2, 0.25) is 0 Å². The maximum absolute atomic E-state index is 10.7. The van der Waals surface area contributed by atoms with E-state index in [0.717, 1.165) is 0 Å². The lowest BCUT2D eigenvalue weighted by atomic mass is 10.1. The Morgan fingerprint density at radius 1 is 0.800 bits per heavy atom. The van der Waals surface area contributed by atoms with Gasteiger partial charge in [0.05, 0.1) is 0 Å². The van der Waals surface area contributed by atoms with Crippen molar-refractivity contribution in [3.05, 3.63) is 0 Å². The number of hydrogen-bond donors (Lipinski definition) is 0. The zero-order valence-electron chi connectivity index (χ0n) is 8.14. The number of rotatable bonds is 8. The van der Waals surface area contributed by atoms with Crippen LogP contribution in [-0.4, -0.2) is 24.9 Å². The zero-order valence-corrected chi connectivity index (χ0v) is 8.14. The molecule has 6 nitrogen and oxygen atoms in total. The summed E-state index contributed by atoms with van der Waals surface area (Å²) in [6.45, 7) is 0.174. The van der Waals surface area contributed by atoms with Crippen LogP contribution < -0.4 is 0 Å². The molecule has 0 aromatic rings. The standard InChI is InChI=1S/C9H12O6/c10-6-14-8(12)4-2-1-3-5-9(13)15-7-11/h6-7H,1-5H2. The number of carbonyl (C=O) groups excluding carboxylic acids is 4. The predicted molar refractivity (Wildman–Crippen MR) is 47.4 cm³/mol. The molecule has 0 atom stereocenters. The Hall–Kier alpha value is -1.72. The lowest BCUT2D eigenvalue weighted by Gasteiger charge is -1.98. The normalized spacial score (nSPS) is 9.07. The van der Waals surface area contributed by atoms with Gasteiger partial charge >= 0.3 is 24.9 Å². The van der Waals surface area contributed by atoms with Gasteiger partial charge in [-0.2, -0.15) is 0 Å². The van der Waals surface area contributed by atoms with E-state index in [0.29, 0.717) is 19.3 Å². The Labute approximate surface area is 86.5 Å². The van der Waals surface area contributed by atoms with Gasteiger partial charge in [-0.25, -0.2) is 0 Å². The summed E-state index contributed by atoms with van der Waals surface area (Å²) in [7, 11) is 0. The third kappa shape index (κ3) is 8.61. The highest BCUT2D eigenvalue weighted by molar-refractivity contribution is 5.76. The van der Waals surface area contributed by atoms with Crippen molar-refractivity contribution in [2.75, 3.05) is 0 Å². The largest absolute Gasteiger partial charge is 0.395 e. The summed E-state index contributed by atoms with van der Waals surface area (Å²) in [6, 6.07) is 0. The van der Waals surface area contributed by atoms with Crippen LogP contribution in [0.25, 0.3) is 0 Å². The summed E-state index contributed by atoms with van der Waals surface area (Å²) >= 11 is 0. The molecule has 0 saturated heterocycles. The highest BCUT2D eigenvalue weighted by atomic mass is 16.6. The number of ether oxygens (including phenoxy) is 2. The molecule has 0 fully saturated rings. The summed E-state index contributed by atoms with van der Waals surface area (Å²) in [6.07, 6.45) is 1.97.